The van der Waals surface area contributed by atoms with Crippen LogP contribution in [0.3, 0.4) is 0 Å². The highest BCUT2D eigenvalue weighted by Gasteiger charge is 2.16. The van der Waals surface area contributed by atoms with Crippen LogP contribution in [0.15, 0.2) is 44.8 Å². The Morgan fingerprint density at radius 2 is 2.15 bits per heavy atom. The van der Waals surface area contributed by atoms with Crippen LogP contribution in [0, 0.1) is 0 Å². The molecule has 0 aliphatic heterocycles. The largest absolute Gasteiger partial charge is 0.496 e. The predicted molar refractivity (Wildman–Crippen MR) is 88.1 cm³/mol. The molecular weight excluding hydrogens is 286 g/mol. The Morgan fingerprint density at radius 3 is 2.80 bits per heavy atom. The van der Waals surface area contributed by atoms with Crippen LogP contribution in [0.2, 0.25) is 0 Å². The van der Waals surface area contributed by atoms with E-state index < -0.39 is 0 Å². The average Bonchev–Trinajstić information content (AvgIpc) is 2.97. The lowest BCUT2D eigenvalue weighted by molar-refractivity contribution is 0.399. The van der Waals surface area contributed by atoms with Gasteiger partial charge in [0.1, 0.15) is 5.75 Å². The van der Waals surface area contributed by atoms with E-state index in [4.69, 9.17) is 4.74 Å². The summed E-state index contributed by atoms with van der Waals surface area (Å²) in [5.41, 5.74) is 1.25. The van der Waals surface area contributed by atoms with Gasteiger partial charge < -0.3 is 10.1 Å². The molecule has 1 heterocycles. The zero-order valence-electron chi connectivity index (χ0n) is 12.2. The van der Waals surface area contributed by atoms with Gasteiger partial charge in [-0.1, -0.05) is 30.8 Å². The Hall–Kier alpha value is -0.970. The van der Waals surface area contributed by atoms with Crippen molar-refractivity contribution in [2.24, 2.45) is 0 Å². The zero-order chi connectivity index (χ0) is 14.4. The summed E-state index contributed by atoms with van der Waals surface area (Å²) < 4.78 is 6.86. The number of benzene rings is 1. The molecule has 20 heavy (non-hydrogen) atoms. The Morgan fingerprint density at radius 1 is 1.30 bits per heavy atom. The molecule has 108 valence electrons. The third-order valence-corrected chi connectivity index (χ3v) is 5.20. The summed E-state index contributed by atoms with van der Waals surface area (Å²) in [4.78, 5) is 1.27. The van der Waals surface area contributed by atoms with Crippen molar-refractivity contribution in [3.8, 4) is 5.75 Å². The fourth-order valence-electron chi connectivity index (χ4n) is 2.11. The summed E-state index contributed by atoms with van der Waals surface area (Å²) in [7, 11) is 1.74. The van der Waals surface area contributed by atoms with Gasteiger partial charge in [0, 0.05) is 16.5 Å². The van der Waals surface area contributed by atoms with E-state index in [2.05, 4.69) is 48.8 Å². The first-order valence-electron chi connectivity index (χ1n) is 6.88. The molecule has 1 N–H and O–H groups in total. The topological polar surface area (TPSA) is 21.3 Å². The van der Waals surface area contributed by atoms with E-state index in [0.717, 1.165) is 18.7 Å². The van der Waals surface area contributed by atoms with Crippen molar-refractivity contribution in [3.63, 3.8) is 0 Å². The molecule has 0 aliphatic rings. The van der Waals surface area contributed by atoms with E-state index in [1.54, 1.807) is 18.4 Å². The smallest absolute Gasteiger partial charge is 0.124 e. The lowest BCUT2D eigenvalue weighted by Gasteiger charge is -2.20. The molecule has 0 radical (unpaired) electrons. The zero-order valence-corrected chi connectivity index (χ0v) is 13.8. The molecule has 0 amide bonds. The molecule has 2 aromatic rings. The van der Waals surface area contributed by atoms with E-state index in [0.29, 0.717) is 0 Å². The molecule has 1 unspecified atom stereocenters. The first-order chi connectivity index (χ1) is 9.76. The summed E-state index contributed by atoms with van der Waals surface area (Å²) in [6.07, 6.45) is 1.13. The van der Waals surface area contributed by atoms with E-state index >= 15 is 0 Å². The molecule has 0 bridgehead atoms. The molecular formula is C16H21NOS2. The van der Waals surface area contributed by atoms with Crippen LogP contribution in [0.25, 0.3) is 0 Å². The van der Waals surface area contributed by atoms with Crippen molar-refractivity contribution in [1.82, 2.24) is 5.32 Å². The Balaban J connectivity index is 2.30. The monoisotopic (exact) mass is 307 g/mol. The maximum atomic E-state index is 5.56. The van der Waals surface area contributed by atoms with E-state index in [1.165, 1.54) is 14.7 Å². The number of ether oxygens (including phenoxy) is 1. The molecule has 4 heteroatoms. The first kappa shape index (κ1) is 15.4. The third kappa shape index (κ3) is 3.78. The highest BCUT2D eigenvalue weighted by atomic mass is 32.2. The molecule has 0 fully saturated rings. The SMILES string of the molecule is CCCNC(C)c1c(OC)cccc1Sc1cccs1. The van der Waals surface area contributed by atoms with Crippen LogP contribution in [-0.4, -0.2) is 13.7 Å². The number of thiophene rings is 1. The lowest BCUT2D eigenvalue weighted by Crippen LogP contribution is -2.20. The summed E-state index contributed by atoms with van der Waals surface area (Å²) in [5, 5.41) is 5.67. The predicted octanol–water partition coefficient (Wildman–Crippen LogP) is 4.97. The number of hydrogen-bond donors (Lipinski definition) is 1. The minimum atomic E-state index is 0.286. The molecule has 1 aromatic carbocycles. The number of methoxy groups -OCH3 is 1. The second-order valence-corrected chi connectivity index (χ2v) is 6.87. The van der Waals surface area contributed by atoms with Crippen molar-refractivity contribution >= 4 is 23.1 Å². The summed E-state index contributed by atoms with van der Waals surface area (Å²) >= 11 is 3.58. The number of nitrogens with one attached hydrogen (secondary N) is 1. The summed E-state index contributed by atoms with van der Waals surface area (Å²) in [5.74, 6) is 0.961. The number of rotatable bonds is 7. The van der Waals surface area contributed by atoms with Gasteiger partial charge in [-0.3, -0.25) is 0 Å². The summed E-state index contributed by atoms with van der Waals surface area (Å²) in [6, 6.07) is 10.8. The minimum absolute atomic E-state index is 0.286. The van der Waals surface area contributed by atoms with Crippen molar-refractivity contribution in [3.05, 3.63) is 41.3 Å². The standard InChI is InChI=1S/C16H21NOS2/c1-4-10-17-12(2)16-13(18-3)7-5-8-14(16)20-15-9-6-11-19-15/h5-9,11-12,17H,4,10H2,1-3H3. The molecule has 0 saturated heterocycles. The Kier molecular flexibility index (Phi) is 5.95. The van der Waals surface area contributed by atoms with Gasteiger partial charge in [-0.15, -0.1) is 11.3 Å². The third-order valence-electron chi connectivity index (χ3n) is 3.09. The van der Waals surface area contributed by atoms with Gasteiger partial charge in [0.05, 0.1) is 11.3 Å². The van der Waals surface area contributed by atoms with Gasteiger partial charge in [0.15, 0.2) is 0 Å². The van der Waals surface area contributed by atoms with Crippen molar-refractivity contribution in [2.45, 2.75) is 35.4 Å². The average molecular weight is 307 g/mol. The van der Waals surface area contributed by atoms with Gasteiger partial charge in [-0.25, -0.2) is 0 Å². The maximum absolute atomic E-state index is 5.56. The normalized spacial score (nSPS) is 12.3. The molecule has 2 nitrogen and oxygen atoms in total. The molecule has 2 rings (SSSR count). The van der Waals surface area contributed by atoms with Crippen LogP contribution in [0.1, 0.15) is 31.9 Å². The van der Waals surface area contributed by atoms with Gasteiger partial charge in [-0.05, 0) is 43.5 Å². The van der Waals surface area contributed by atoms with Crippen LogP contribution in [0.5, 0.6) is 5.75 Å². The Bertz CT molecular complexity index is 525. The highest BCUT2D eigenvalue weighted by molar-refractivity contribution is 8.01. The second kappa shape index (κ2) is 7.72. The van der Waals surface area contributed by atoms with Gasteiger partial charge in [0.25, 0.3) is 0 Å². The van der Waals surface area contributed by atoms with E-state index in [-0.39, 0.29) is 6.04 Å². The molecule has 0 aliphatic carbocycles. The second-order valence-electron chi connectivity index (χ2n) is 4.58. The molecule has 1 aromatic heterocycles. The summed E-state index contributed by atoms with van der Waals surface area (Å²) in [6.45, 7) is 5.40. The van der Waals surface area contributed by atoms with Crippen molar-refractivity contribution < 1.29 is 4.74 Å². The molecule has 0 spiro atoms. The van der Waals surface area contributed by atoms with Crippen LogP contribution < -0.4 is 10.1 Å². The quantitative estimate of drug-likeness (QED) is 0.780. The maximum Gasteiger partial charge on any atom is 0.124 e. The number of hydrogen-bond acceptors (Lipinski definition) is 4. The fraction of sp³-hybridized carbons (Fsp3) is 0.375. The highest BCUT2D eigenvalue weighted by Crippen LogP contribution is 2.39. The van der Waals surface area contributed by atoms with Crippen molar-refractivity contribution in [1.29, 1.82) is 0 Å². The van der Waals surface area contributed by atoms with Crippen molar-refractivity contribution in [2.75, 3.05) is 13.7 Å². The van der Waals surface area contributed by atoms with Gasteiger partial charge >= 0.3 is 0 Å². The Labute approximate surface area is 129 Å². The molecule has 1 atom stereocenters. The van der Waals surface area contributed by atoms with E-state index in [9.17, 15) is 0 Å². The lowest BCUT2D eigenvalue weighted by atomic mass is 10.1. The van der Waals surface area contributed by atoms with Gasteiger partial charge in [0.2, 0.25) is 0 Å². The fourth-order valence-corrected chi connectivity index (χ4v) is 4.08. The van der Waals surface area contributed by atoms with Crippen LogP contribution in [0.4, 0.5) is 0 Å². The van der Waals surface area contributed by atoms with Gasteiger partial charge in [-0.2, -0.15) is 0 Å². The first-order valence-corrected chi connectivity index (χ1v) is 8.57. The van der Waals surface area contributed by atoms with E-state index in [1.807, 2.05) is 17.8 Å². The molecule has 0 saturated carbocycles. The minimum Gasteiger partial charge on any atom is -0.496 e. The van der Waals surface area contributed by atoms with Crippen LogP contribution in [-0.2, 0) is 0 Å². The van der Waals surface area contributed by atoms with Crippen LogP contribution >= 0.6 is 23.1 Å².